The third-order valence-electron chi connectivity index (χ3n) is 3.37. The van der Waals surface area contributed by atoms with Crippen LogP contribution in [0.3, 0.4) is 0 Å². The van der Waals surface area contributed by atoms with Crippen LogP contribution in [0, 0.1) is 5.92 Å². The summed E-state index contributed by atoms with van der Waals surface area (Å²) in [6, 6.07) is 0. The molecule has 4 nitrogen and oxygen atoms in total. The van der Waals surface area contributed by atoms with Crippen molar-refractivity contribution >= 4 is 21.7 Å². The lowest BCUT2D eigenvalue weighted by Gasteiger charge is -2.31. The Hall–Kier alpha value is -0.840. The van der Waals surface area contributed by atoms with Gasteiger partial charge in [0.25, 0.3) is 5.56 Å². The molecule has 5 heteroatoms. The standard InChI is InChI=1S/C12H18BrN3O/c1-2-15-8-5-14-11(12(15)17)16-6-3-10(9-13)4-7-16/h5,8,10H,2-4,6-7,9H2,1H3. The van der Waals surface area contributed by atoms with Crippen molar-refractivity contribution in [2.24, 2.45) is 5.92 Å². The van der Waals surface area contributed by atoms with Crippen molar-refractivity contribution in [1.82, 2.24) is 9.55 Å². The number of aromatic nitrogens is 2. The van der Waals surface area contributed by atoms with Crippen molar-refractivity contribution in [2.45, 2.75) is 26.3 Å². The van der Waals surface area contributed by atoms with E-state index in [2.05, 4.69) is 25.8 Å². The maximum Gasteiger partial charge on any atom is 0.293 e. The van der Waals surface area contributed by atoms with Crippen LogP contribution in [0.15, 0.2) is 17.2 Å². The first-order valence-electron chi connectivity index (χ1n) is 6.12. The van der Waals surface area contributed by atoms with E-state index in [1.54, 1.807) is 17.0 Å². The summed E-state index contributed by atoms with van der Waals surface area (Å²) in [6.45, 7) is 4.55. The van der Waals surface area contributed by atoms with Crippen LogP contribution in [0.4, 0.5) is 5.82 Å². The van der Waals surface area contributed by atoms with Gasteiger partial charge in [-0.1, -0.05) is 15.9 Å². The third-order valence-corrected chi connectivity index (χ3v) is 4.28. The largest absolute Gasteiger partial charge is 0.352 e. The molecular weight excluding hydrogens is 282 g/mol. The Labute approximate surface area is 110 Å². The predicted octanol–water partition coefficient (Wildman–Crippen LogP) is 1.87. The first-order valence-corrected chi connectivity index (χ1v) is 7.24. The predicted molar refractivity (Wildman–Crippen MR) is 72.9 cm³/mol. The minimum Gasteiger partial charge on any atom is -0.352 e. The Morgan fingerprint density at radius 2 is 2.18 bits per heavy atom. The van der Waals surface area contributed by atoms with E-state index in [0.717, 1.165) is 37.2 Å². The van der Waals surface area contributed by atoms with E-state index in [-0.39, 0.29) is 5.56 Å². The number of nitrogens with zero attached hydrogens (tertiary/aromatic N) is 3. The number of aryl methyl sites for hydroxylation is 1. The first-order chi connectivity index (χ1) is 8.26. The van der Waals surface area contributed by atoms with E-state index in [1.165, 1.54) is 0 Å². The minimum atomic E-state index is 0.0345. The average molecular weight is 300 g/mol. The Balaban J connectivity index is 2.16. The van der Waals surface area contributed by atoms with Gasteiger partial charge in [0.1, 0.15) is 0 Å². The van der Waals surface area contributed by atoms with E-state index in [1.807, 2.05) is 6.92 Å². The summed E-state index contributed by atoms with van der Waals surface area (Å²) in [5.74, 6) is 1.35. The fourth-order valence-corrected chi connectivity index (χ4v) is 2.85. The van der Waals surface area contributed by atoms with Gasteiger partial charge in [-0.05, 0) is 25.7 Å². The molecule has 1 aliphatic rings. The summed E-state index contributed by atoms with van der Waals surface area (Å²) in [4.78, 5) is 18.5. The van der Waals surface area contributed by atoms with E-state index in [0.29, 0.717) is 12.4 Å². The molecule has 1 aliphatic heterocycles. The molecule has 0 atom stereocenters. The Kier molecular flexibility index (Phi) is 4.20. The fourth-order valence-electron chi connectivity index (χ4n) is 2.20. The van der Waals surface area contributed by atoms with Gasteiger partial charge in [0.15, 0.2) is 5.82 Å². The van der Waals surface area contributed by atoms with Crippen LogP contribution < -0.4 is 10.5 Å². The molecule has 1 saturated heterocycles. The molecule has 1 fully saturated rings. The van der Waals surface area contributed by atoms with Gasteiger partial charge in [-0.3, -0.25) is 4.79 Å². The highest BCUT2D eigenvalue weighted by molar-refractivity contribution is 9.09. The highest BCUT2D eigenvalue weighted by Gasteiger charge is 2.21. The van der Waals surface area contributed by atoms with Crippen molar-refractivity contribution in [3.8, 4) is 0 Å². The minimum absolute atomic E-state index is 0.0345. The molecule has 0 bridgehead atoms. The molecule has 0 amide bonds. The van der Waals surface area contributed by atoms with Crippen LogP contribution in [0.25, 0.3) is 0 Å². The third kappa shape index (κ3) is 2.70. The summed E-state index contributed by atoms with van der Waals surface area (Å²) >= 11 is 3.52. The van der Waals surface area contributed by atoms with Gasteiger partial charge < -0.3 is 9.47 Å². The SMILES string of the molecule is CCn1ccnc(N2CCC(CBr)CC2)c1=O. The Morgan fingerprint density at radius 1 is 1.47 bits per heavy atom. The van der Waals surface area contributed by atoms with Crippen molar-refractivity contribution in [1.29, 1.82) is 0 Å². The lowest BCUT2D eigenvalue weighted by atomic mass is 9.99. The van der Waals surface area contributed by atoms with E-state index < -0.39 is 0 Å². The van der Waals surface area contributed by atoms with Crippen molar-refractivity contribution < 1.29 is 0 Å². The van der Waals surface area contributed by atoms with Crippen LogP contribution in [-0.2, 0) is 6.54 Å². The summed E-state index contributed by atoms with van der Waals surface area (Å²) < 4.78 is 1.71. The Bertz CT molecular complexity index is 424. The number of alkyl halides is 1. The van der Waals surface area contributed by atoms with Crippen molar-refractivity contribution in [2.75, 3.05) is 23.3 Å². The maximum atomic E-state index is 12.1. The summed E-state index contributed by atoms with van der Waals surface area (Å²) in [5, 5.41) is 1.06. The highest BCUT2D eigenvalue weighted by Crippen LogP contribution is 2.21. The van der Waals surface area contributed by atoms with Crippen LogP contribution >= 0.6 is 15.9 Å². The van der Waals surface area contributed by atoms with Crippen molar-refractivity contribution in [3.63, 3.8) is 0 Å². The molecule has 0 spiro atoms. The first kappa shape index (κ1) is 12.6. The number of piperidine rings is 1. The quantitative estimate of drug-likeness (QED) is 0.800. The van der Waals surface area contributed by atoms with Crippen LogP contribution in [-0.4, -0.2) is 28.0 Å². The molecule has 0 aromatic carbocycles. The van der Waals surface area contributed by atoms with Gasteiger partial charge in [-0.15, -0.1) is 0 Å². The molecule has 0 unspecified atom stereocenters. The molecule has 1 aromatic heterocycles. The molecule has 1 aromatic rings. The summed E-state index contributed by atoms with van der Waals surface area (Å²) in [6.07, 6.45) is 5.73. The van der Waals surface area contributed by atoms with Gasteiger partial charge in [0, 0.05) is 37.4 Å². The van der Waals surface area contributed by atoms with Gasteiger partial charge in [0.2, 0.25) is 0 Å². The zero-order valence-corrected chi connectivity index (χ0v) is 11.7. The average Bonchev–Trinajstić information content (AvgIpc) is 2.39. The summed E-state index contributed by atoms with van der Waals surface area (Å²) in [7, 11) is 0. The second-order valence-electron chi connectivity index (χ2n) is 4.43. The smallest absolute Gasteiger partial charge is 0.293 e. The monoisotopic (exact) mass is 299 g/mol. The van der Waals surface area contributed by atoms with Gasteiger partial charge in [-0.25, -0.2) is 4.98 Å². The van der Waals surface area contributed by atoms with Gasteiger partial charge in [-0.2, -0.15) is 0 Å². The van der Waals surface area contributed by atoms with E-state index >= 15 is 0 Å². The molecule has 17 heavy (non-hydrogen) atoms. The zero-order chi connectivity index (χ0) is 12.3. The molecule has 0 aliphatic carbocycles. The molecule has 2 heterocycles. The number of rotatable bonds is 3. The van der Waals surface area contributed by atoms with E-state index in [4.69, 9.17) is 0 Å². The van der Waals surface area contributed by atoms with Crippen LogP contribution in [0.1, 0.15) is 19.8 Å². The van der Waals surface area contributed by atoms with Crippen LogP contribution in [0.2, 0.25) is 0 Å². The lowest BCUT2D eigenvalue weighted by molar-refractivity contribution is 0.443. The van der Waals surface area contributed by atoms with Gasteiger partial charge >= 0.3 is 0 Å². The molecular formula is C12H18BrN3O. The number of halogens is 1. The highest BCUT2D eigenvalue weighted by atomic mass is 79.9. The topological polar surface area (TPSA) is 38.1 Å². The maximum absolute atomic E-state index is 12.1. The fraction of sp³-hybridized carbons (Fsp3) is 0.667. The Morgan fingerprint density at radius 3 is 2.76 bits per heavy atom. The summed E-state index contributed by atoms with van der Waals surface area (Å²) in [5.41, 5.74) is 0.0345. The molecule has 94 valence electrons. The number of hydrogen-bond donors (Lipinski definition) is 0. The normalized spacial score (nSPS) is 17.4. The number of anilines is 1. The lowest BCUT2D eigenvalue weighted by Crippen LogP contribution is -2.39. The van der Waals surface area contributed by atoms with Crippen LogP contribution in [0.5, 0.6) is 0 Å². The molecule has 0 N–H and O–H groups in total. The molecule has 0 saturated carbocycles. The molecule has 2 rings (SSSR count). The van der Waals surface area contributed by atoms with Gasteiger partial charge in [0.05, 0.1) is 0 Å². The second kappa shape index (κ2) is 5.67. The number of hydrogen-bond acceptors (Lipinski definition) is 3. The zero-order valence-electron chi connectivity index (χ0n) is 10.1. The van der Waals surface area contributed by atoms with Crippen molar-refractivity contribution in [3.05, 3.63) is 22.7 Å². The second-order valence-corrected chi connectivity index (χ2v) is 5.07. The van der Waals surface area contributed by atoms with E-state index in [9.17, 15) is 4.79 Å². The molecule has 0 radical (unpaired) electrons.